The minimum Gasteiger partial charge on any atom is -0.238 e. The maximum atomic E-state index is 6.85. The van der Waals surface area contributed by atoms with E-state index in [1.54, 1.807) is 0 Å². The van der Waals surface area contributed by atoms with E-state index in [9.17, 15) is 0 Å². The molecule has 0 aliphatic heterocycles. The van der Waals surface area contributed by atoms with Crippen molar-refractivity contribution < 1.29 is 0 Å². The fourth-order valence-electron chi connectivity index (χ4n) is 1.37. The molecule has 15 heavy (non-hydrogen) atoms. The van der Waals surface area contributed by atoms with Crippen molar-refractivity contribution in [2.45, 2.75) is 0 Å². The van der Waals surface area contributed by atoms with Crippen molar-refractivity contribution in [2.75, 3.05) is 0 Å². The first-order valence-electron chi connectivity index (χ1n) is 4.53. The molecule has 2 aromatic carbocycles. The maximum absolute atomic E-state index is 6.85. The molecule has 0 aliphatic carbocycles. The first-order valence-corrected chi connectivity index (χ1v) is 4.91. The van der Waals surface area contributed by atoms with E-state index < -0.39 is 0 Å². The van der Waals surface area contributed by atoms with Gasteiger partial charge in [0, 0.05) is 5.02 Å². The van der Waals surface area contributed by atoms with Crippen LogP contribution in [0.2, 0.25) is 5.02 Å². The zero-order chi connectivity index (χ0) is 10.7. The number of hydrogen-bond donors (Lipinski definition) is 0. The fourth-order valence-corrected chi connectivity index (χ4v) is 1.50. The summed E-state index contributed by atoms with van der Waals surface area (Å²) in [7, 11) is 0. The highest BCUT2D eigenvalue weighted by atomic mass is 35.5. The summed E-state index contributed by atoms with van der Waals surface area (Å²) in [6.07, 6.45) is 0. The molecule has 2 heteroatoms. The predicted octanol–water partition coefficient (Wildman–Crippen LogP) is 4.56. The average Bonchev–Trinajstić information content (AvgIpc) is 2.30. The largest absolute Gasteiger partial charge is 0.238 e. The average molecular weight is 214 g/mol. The van der Waals surface area contributed by atoms with Crippen LogP contribution >= 0.6 is 11.6 Å². The Morgan fingerprint density at radius 3 is 1.73 bits per heavy atom. The second-order valence-corrected chi connectivity index (χ2v) is 3.60. The number of halogens is 1. The van der Waals surface area contributed by atoms with Gasteiger partial charge in [0.2, 0.25) is 0 Å². The zero-order valence-corrected chi connectivity index (χ0v) is 8.70. The van der Waals surface area contributed by atoms with Gasteiger partial charge in [-0.3, -0.25) is 0 Å². The van der Waals surface area contributed by atoms with Gasteiger partial charge in [0.25, 0.3) is 0 Å². The standard InChI is InChI=1S/C13H8ClN/c1-15-13-8-4-11(5-9-13)10-2-6-12(14)7-3-10/h2-9H. The Morgan fingerprint density at radius 2 is 1.27 bits per heavy atom. The summed E-state index contributed by atoms with van der Waals surface area (Å²) < 4.78 is 0. The fraction of sp³-hybridized carbons (Fsp3) is 0. The molecule has 0 heterocycles. The van der Waals surface area contributed by atoms with Crippen molar-refractivity contribution in [3.8, 4) is 11.1 Å². The molecule has 1 nitrogen and oxygen atoms in total. The monoisotopic (exact) mass is 213 g/mol. The van der Waals surface area contributed by atoms with Crippen LogP contribution in [0, 0.1) is 6.57 Å². The van der Waals surface area contributed by atoms with Crippen molar-refractivity contribution in [3.63, 3.8) is 0 Å². The van der Waals surface area contributed by atoms with E-state index in [1.807, 2.05) is 48.5 Å². The van der Waals surface area contributed by atoms with E-state index >= 15 is 0 Å². The van der Waals surface area contributed by atoms with Gasteiger partial charge in [0.15, 0.2) is 5.69 Å². The minimum absolute atomic E-state index is 0.660. The van der Waals surface area contributed by atoms with Gasteiger partial charge < -0.3 is 0 Å². The normalized spacial score (nSPS) is 9.60. The van der Waals surface area contributed by atoms with E-state index in [0.29, 0.717) is 5.69 Å². The molecule has 0 N–H and O–H groups in total. The third kappa shape index (κ3) is 2.18. The first-order chi connectivity index (χ1) is 7.29. The number of nitrogens with zero attached hydrogens (tertiary/aromatic N) is 1. The summed E-state index contributed by atoms with van der Waals surface area (Å²) in [5.74, 6) is 0. The van der Waals surface area contributed by atoms with Gasteiger partial charge in [-0.1, -0.05) is 48.0 Å². The van der Waals surface area contributed by atoms with Gasteiger partial charge in [0.1, 0.15) is 0 Å². The molecule has 0 aliphatic rings. The van der Waals surface area contributed by atoms with Crippen LogP contribution < -0.4 is 0 Å². The molecule has 0 radical (unpaired) electrons. The van der Waals surface area contributed by atoms with Gasteiger partial charge in [-0.25, -0.2) is 4.85 Å². The third-order valence-electron chi connectivity index (χ3n) is 2.17. The van der Waals surface area contributed by atoms with E-state index in [1.165, 1.54) is 0 Å². The maximum Gasteiger partial charge on any atom is 0.187 e. The highest BCUT2D eigenvalue weighted by Gasteiger charge is 1.97. The third-order valence-corrected chi connectivity index (χ3v) is 2.43. The van der Waals surface area contributed by atoms with Crippen LogP contribution in [0.5, 0.6) is 0 Å². The van der Waals surface area contributed by atoms with Crippen LogP contribution in [0.15, 0.2) is 48.5 Å². The number of benzene rings is 2. The van der Waals surface area contributed by atoms with E-state index in [-0.39, 0.29) is 0 Å². The van der Waals surface area contributed by atoms with E-state index in [2.05, 4.69) is 4.85 Å². The molecule has 72 valence electrons. The van der Waals surface area contributed by atoms with Gasteiger partial charge in [0.05, 0.1) is 6.57 Å². The molecule has 0 saturated heterocycles. The lowest BCUT2D eigenvalue weighted by Crippen LogP contribution is -1.75. The number of rotatable bonds is 1. The van der Waals surface area contributed by atoms with Gasteiger partial charge in [-0.05, 0) is 23.3 Å². The topological polar surface area (TPSA) is 4.36 Å². The molecule has 0 saturated carbocycles. The smallest absolute Gasteiger partial charge is 0.187 e. The zero-order valence-electron chi connectivity index (χ0n) is 7.94. The lowest BCUT2D eigenvalue weighted by atomic mass is 10.1. The van der Waals surface area contributed by atoms with Crippen LogP contribution in [-0.2, 0) is 0 Å². The molecule has 0 spiro atoms. The Hall–Kier alpha value is -1.78. The molecule has 0 amide bonds. The second kappa shape index (κ2) is 4.16. The highest BCUT2D eigenvalue weighted by molar-refractivity contribution is 6.30. The lowest BCUT2D eigenvalue weighted by Gasteiger charge is -2.01. The Morgan fingerprint density at radius 1 is 0.800 bits per heavy atom. The van der Waals surface area contributed by atoms with Gasteiger partial charge in [-0.15, -0.1) is 0 Å². The van der Waals surface area contributed by atoms with Crippen molar-refractivity contribution >= 4 is 17.3 Å². The summed E-state index contributed by atoms with van der Waals surface area (Å²) >= 11 is 5.81. The van der Waals surface area contributed by atoms with Gasteiger partial charge >= 0.3 is 0 Å². The van der Waals surface area contributed by atoms with Crippen LogP contribution in [-0.4, -0.2) is 0 Å². The van der Waals surface area contributed by atoms with E-state index in [4.69, 9.17) is 18.2 Å². The first kappa shape index (κ1) is 9.76. The van der Waals surface area contributed by atoms with E-state index in [0.717, 1.165) is 16.1 Å². The minimum atomic E-state index is 0.660. The predicted molar refractivity (Wildman–Crippen MR) is 63.2 cm³/mol. The summed E-state index contributed by atoms with van der Waals surface area (Å²) in [6.45, 7) is 6.85. The molecule has 0 aromatic heterocycles. The summed E-state index contributed by atoms with van der Waals surface area (Å²) in [6, 6.07) is 15.2. The van der Waals surface area contributed by atoms with Crippen LogP contribution in [0.3, 0.4) is 0 Å². The molecule has 0 fully saturated rings. The Labute approximate surface area is 93.8 Å². The van der Waals surface area contributed by atoms with Crippen molar-refractivity contribution in [3.05, 3.63) is 65.0 Å². The van der Waals surface area contributed by atoms with Crippen molar-refractivity contribution in [2.24, 2.45) is 0 Å². The Kier molecular flexibility index (Phi) is 2.71. The molecule has 2 rings (SSSR count). The number of hydrogen-bond acceptors (Lipinski definition) is 0. The molecular weight excluding hydrogens is 206 g/mol. The van der Waals surface area contributed by atoms with Crippen LogP contribution in [0.4, 0.5) is 5.69 Å². The molecule has 0 atom stereocenters. The van der Waals surface area contributed by atoms with Crippen LogP contribution in [0.25, 0.3) is 16.0 Å². The Balaban J connectivity index is 2.38. The summed E-state index contributed by atoms with van der Waals surface area (Å²) in [4.78, 5) is 3.35. The van der Waals surface area contributed by atoms with Gasteiger partial charge in [-0.2, -0.15) is 0 Å². The van der Waals surface area contributed by atoms with Crippen molar-refractivity contribution in [1.29, 1.82) is 0 Å². The lowest BCUT2D eigenvalue weighted by molar-refractivity contribution is 1.62. The SMILES string of the molecule is [C-]#[N+]c1ccc(-c2ccc(Cl)cc2)cc1. The molecular formula is C13H8ClN. The Bertz CT molecular complexity index is 492. The summed E-state index contributed by atoms with van der Waals surface area (Å²) in [5.41, 5.74) is 2.86. The van der Waals surface area contributed by atoms with Crippen molar-refractivity contribution in [1.82, 2.24) is 0 Å². The second-order valence-electron chi connectivity index (χ2n) is 3.17. The van der Waals surface area contributed by atoms with Crippen LogP contribution in [0.1, 0.15) is 0 Å². The quantitative estimate of drug-likeness (QED) is 0.612. The molecule has 0 bridgehead atoms. The molecule has 2 aromatic rings. The molecule has 0 unspecified atom stereocenters. The highest BCUT2D eigenvalue weighted by Crippen LogP contribution is 2.23. The summed E-state index contributed by atoms with van der Waals surface area (Å²) in [5, 5.41) is 0.733.